The number of benzene rings is 1. The number of amides is 2. The second-order valence-corrected chi connectivity index (χ2v) is 7.84. The minimum Gasteiger partial charge on any atom is -0.462 e. The van der Waals surface area contributed by atoms with Crippen molar-refractivity contribution in [3.05, 3.63) is 34.9 Å². The molecule has 0 radical (unpaired) electrons. The maximum atomic E-state index is 13.5. The van der Waals surface area contributed by atoms with Gasteiger partial charge in [0.2, 0.25) is 5.91 Å². The molecule has 1 aromatic carbocycles. The van der Waals surface area contributed by atoms with E-state index in [1.165, 1.54) is 11.0 Å². The number of nitrogens with one attached hydrogen (secondary N) is 1. The zero-order chi connectivity index (χ0) is 22.7. The van der Waals surface area contributed by atoms with E-state index < -0.39 is 41.4 Å². The Bertz CT molecular complexity index is 818. The fourth-order valence-corrected chi connectivity index (χ4v) is 3.00. The van der Waals surface area contributed by atoms with Crippen LogP contribution in [0.25, 0.3) is 0 Å². The molecule has 1 heterocycles. The minimum absolute atomic E-state index is 0.0379. The Kier molecular flexibility index (Phi) is 6.99. The van der Waals surface area contributed by atoms with Crippen LogP contribution in [0.2, 0.25) is 0 Å². The van der Waals surface area contributed by atoms with Crippen LogP contribution in [-0.2, 0) is 27.0 Å². The highest BCUT2D eigenvalue weighted by Crippen LogP contribution is 2.34. The number of hydrogen-bond donors (Lipinski definition) is 1. The monoisotopic (exact) mass is 430 g/mol. The molecule has 0 unspecified atom stereocenters. The summed E-state index contributed by atoms with van der Waals surface area (Å²) in [5.41, 5.74) is -2.12. The van der Waals surface area contributed by atoms with Gasteiger partial charge in [-0.2, -0.15) is 13.2 Å². The number of rotatable bonds is 5. The zero-order valence-corrected chi connectivity index (χ0v) is 17.3. The Balaban J connectivity index is 2.15. The second kappa shape index (κ2) is 8.93. The third kappa shape index (κ3) is 6.11. The normalized spacial score (nSPS) is 17.1. The van der Waals surface area contributed by atoms with E-state index in [1.807, 2.05) is 0 Å². The molecule has 0 spiro atoms. The molecule has 2 rings (SSSR count). The van der Waals surface area contributed by atoms with E-state index in [4.69, 9.17) is 9.47 Å². The summed E-state index contributed by atoms with van der Waals surface area (Å²) >= 11 is 0. The van der Waals surface area contributed by atoms with Gasteiger partial charge in [-0.1, -0.05) is 6.07 Å². The predicted molar refractivity (Wildman–Crippen MR) is 101 cm³/mol. The van der Waals surface area contributed by atoms with E-state index >= 15 is 0 Å². The topological polar surface area (TPSA) is 84.9 Å². The van der Waals surface area contributed by atoms with E-state index in [-0.39, 0.29) is 37.2 Å². The van der Waals surface area contributed by atoms with E-state index in [1.54, 1.807) is 27.7 Å². The summed E-state index contributed by atoms with van der Waals surface area (Å²) in [7, 11) is 0. The molecule has 1 aliphatic heterocycles. The quantitative estimate of drug-likeness (QED) is 0.723. The second-order valence-electron chi connectivity index (χ2n) is 7.84. The number of halogens is 3. The number of likely N-dealkylation sites (tertiary alicyclic amines) is 1. The summed E-state index contributed by atoms with van der Waals surface area (Å²) in [5.74, 6) is -1.35. The van der Waals surface area contributed by atoms with Crippen LogP contribution in [-0.4, -0.2) is 47.7 Å². The van der Waals surface area contributed by atoms with Gasteiger partial charge in [-0.15, -0.1) is 0 Å². The largest absolute Gasteiger partial charge is 0.462 e. The van der Waals surface area contributed by atoms with Crippen molar-refractivity contribution in [3.63, 3.8) is 0 Å². The lowest BCUT2D eigenvalue weighted by molar-refractivity contribution is -0.139. The summed E-state index contributed by atoms with van der Waals surface area (Å²) in [4.78, 5) is 37.4. The average Bonchev–Trinajstić information content (AvgIpc) is 2.93. The third-order valence-corrected chi connectivity index (χ3v) is 4.28. The Morgan fingerprint density at radius 2 is 1.90 bits per heavy atom. The number of alkyl halides is 3. The Morgan fingerprint density at radius 3 is 2.47 bits per heavy atom. The van der Waals surface area contributed by atoms with Gasteiger partial charge in [-0.3, -0.25) is 4.79 Å². The van der Waals surface area contributed by atoms with Crippen molar-refractivity contribution in [1.82, 2.24) is 10.2 Å². The number of esters is 1. The molecule has 0 aliphatic carbocycles. The summed E-state index contributed by atoms with van der Waals surface area (Å²) < 4.78 is 50.4. The molecule has 10 heteroatoms. The van der Waals surface area contributed by atoms with Crippen molar-refractivity contribution in [3.8, 4) is 0 Å². The molecule has 0 aromatic heterocycles. The van der Waals surface area contributed by atoms with Gasteiger partial charge >= 0.3 is 18.2 Å². The molecule has 1 N–H and O–H groups in total. The molecule has 1 atom stereocenters. The maximum Gasteiger partial charge on any atom is 0.416 e. The van der Waals surface area contributed by atoms with Gasteiger partial charge in [-0.25, -0.2) is 9.59 Å². The van der Waals surface area contributed by atoms with Crippen LogP contribution in [0.4, 0.5) is 18.0 Å². The summed E-state index contributed by atoms with van der Waals surface area (Å²) in [5, 5.41) is 2.45. The molecule has 30 heavy (non-hydrogen) atoms. The lowest BCUT2D eigenvalue weighted by atomic mass is 10.0. The first-order chi connectivity index (χ1) is 13.8. The molecule has 0 saturated carbocycles. The van der Waals surface area contributed by atoms with Crippen molar-refractivity contribution in [1.29, 1.82) is 0 Å². The van der Waals surface area contributed by atoms with Crippen LogP contribution in [0.1, 0.15) is 55.6 Å². The van der Waals surface area contributed by atoms with E-state index in [0.29, 0.717) is 0 Å². The summed E-state index contributed by atoms with van der Waals surface area (Å²) in [6, 6.07) is 2.26. The van der Waals surface area contributed by atoms with Crippen molar-refractivity contribution >= 4 is 18.0 Å². The molecule has 1 fully saturated rings. The highest BCUT2D eigenvalue weighted by Gasteiger charge is 2.38. The Hall–Kier alpha value is -2.78. The molecule has 166 valence electrons. The van der Waals surface area contributed by atoms with Gasteiger partial charge in [0, 0.05) is 13.1 Å². The van der Waals surface area contributed by atoms with Gasteiger partial charge < -0.3 is 19.7 Å². The minimum atomic E-state index is -4.71. The van der Waals surface area contributed by atoms with Gasteiger partial charge in [0.05, 0.1) is 17.7 Å². The smallest absolute Gasteiger partial charge is 0.416 e. The van der Waals surface area contributed by atoms with Crippen molar-refractivity contribution < 1.29 is 37.0 Å². The molecule has 7 nitrogen and oxygen atoms in total. The number of ether oxygens (including phenoxy) is 2. The average molecular weight is 430 g/mol. The molecule has 0 bridgehead atoms. The highest BCUT2D eigenvalue weighted by atomic mass is 19.4. The van der Waals surface area contributed by atoms with Crippen molar-refractivity contribution in [2.45, 2.75) is 58.5 Å². The fourth-order valence-electron chi connectivity index (χ4n) is 3.00. The summed E-state index contributed by atoms with van der Waals surface area (Å²) in [6.45, 7) is 6.49. The number of hydrogen-bond acceptors (Lipinski definition) is 5. The third-order valence-electron chi connectivity index (χ3n) is 4.28. The van der Waals surface area contributed by atoms with Crippen LogP contribution in [0.3, 0.4) is 0 Å². The van der Waals surface area contributed by atoms with E-state index in [0.717, 1.165) is 12.1 Å². The predicted octanol–water partition coefficient (Wildman–Crippen LogP) is 3.51. The summed E-state index contributed by atoms with van der Waals surface area (Å²) in [6.07, 6.45) is -5.23. The van der Waals surface area contributed by atoms with Crippen molar-refractivity contribution in [2.75, 3.05) is 13.2 Å². The van der Waals surface area contributed by atoms with Gasteiger partial charge in [0.25, 0.3) is 0 Å². The van der Waals surface area contributed by atoms with Crippen molar-refractivity contribution in [2.24, 2.45) is 0 Å². The van der Waals surface area contributed by atoms with Gasteiger partial charge in [-0.05, 0) is 51.8 Å². The number of nitrogens with zero attached hydrogens (tertiary/aromatic N) is 1. The SMILES string of the molecule is CCOC(=O)c1ccc(CN2CC[C@H](NC(=O)OC(C)(C)C)C2=O)c(C(F)(F)F)c1. The van der Waals surface area contributed by atoms with Crippen LogP contribution in [0.15, 0.2) is 18.2 Å². The Morgan fingerprint density at radius 1 is 1.23 bits per heavy atom. The maximum absolute atomic E-state index is 13.5. The number of carbonyl (C=O) groups excluding carboxylic acids is 3. The Labute approximate surface area is 172 Å². The lowest BCUT2D eigenvalue weighted by Gasteiger charge is -2.22. The van der Waals surface area contributed by atoms with E-state index in [9.17, 15) is 27.6 Å². The molecular weight excluding hydrogens is 405 g/mol. The highest BCUT2D eigenvalue weighted by molar-refractivity contribution is 5.90. The number of carbonyl (C=O) groups is 3. The van der Waals surface area contributed by atoms with Crippen LogP contribution < -0.4 is 5.32 Å². The molecule has 1 aliphatic rings. The zero-order valence-electron chi connectivity index (χ0n) is 17.3. The van der Waals surface area contributed by atoms with Gasteiger partial charge in [0.15, 0.2) is 0 Å². The molecule has 1 aromatic rings. The number of alkyl carbamates (subject to hydrolysis) is 1. The van der Waals surface area contributed by atoms with Crippen LogP contribution in [0, 0.1) is 0 Å². The van der Waals surface area contributed by atoms with E-state index in [2.05, 4.69) is 5.32 Å². The fraction of sp³-hybridized carbons (Fsp3) is 0.550. The first-order valence-electron chi connectivity index (χ1n) is 9.47. The first-order valence-corrected chi connectivity index (χ1v) is 9.47. The standard InChI is InChI=1S/C20H25F3N2O5/c1-5-29-17(27)12-6-7-13(14(10-12)20(21,22)23)11-25-9-8-15(16(25)26)24-18(28)30-19(2,3)4/h6-7,10,15H,5,8-9,11H2,1-4H3,(H,24,28)/t15-/m0/s1. The molecule has 2 amide bonds. The van der Waals surface area contributed by atoms with Gasteiger partial charge in [0.1, 0.15) is 11.6 Å². The van der Waals surface area contributed by atoms with Crippen LogP contribution in [0.5, 0.6) is 0 Å². The lowest BCUT2D eigenvalue weighted by Crippen LogP contribution is -2.43. The first kappa shape index (κ1) is 23.5. The molecular formula is C20H25F3N2O5. The van der Waals surface area contributed by atoms with Crippen LogP contribution >= 0.6 is 0 Å². The molecule has 1 saturated heterocycles.